The van der Waals surface area contributed by atoms with Gasteiger partial charge in [-0.2, -0.15) is 10.2 Å². The van der Waals surface area contributed by atoms with Gasteiger partial charge in [0, 0.05) is 45.1 Å². The first-order chi connectivity index (χ1) is 12.2. The molecule has 126 valence electrons. The highest BCUT2D eigenvalue weighted by molar-refractivity contribution is 5.76. The molecule has 4 rings (SSSR count). The molecular weight excluding hydrogens is 316 g/mol. The maximum Gasteiger partial charge on any atom is 0.261 e. The van der Waals surface area contributed by atoms with Crippen LogP contribution in [0.15, 0.2) is 41.3 Å². The van der Waals surface area contributed by atoms with Gasteiger partial charge in [0.05, 0.1) is 17.0 Å². The summed E-state index contributed by atoms with van der Waals surface area (Å²) in [6, 6.07) is 11.6. The third kappa shape index (κ3) is 2.72. The standard InChI is InChI=1S/C18H18N6O/c1-22-7-6-15-16(22)20-18(21-17(15)25)24-10-8-23(9-11-24)14-4-2-13(12-19)3-5-14/h2-7H,8-11H2,1H3,(H,20,21,25). The zero-order valence-corrected chi connectivity index (χ0v) is 13.9. The van der Waals surface area contributed by atoms with Crippen LogP contribution in [0.25, 0.3) is 11.0 Å². The topological polar surface area (TPSA) is 81.0 Å². The summed E-state index contributed by atoms with van der Waals surface area (Å²) < 4.78 is 1.86. The van der Waals surface area contributed by atoms with Gasteiger partial charge in [-0.05, 0) is 30.3 Å². The van der Waals surface area contributed by atoms with Crippen LogP contribution >= 0.6 is 0 Å². The number of H-pyrrole nitrogens is 1. The Morgan fingerprint density at radius 1 is 1.08 bits per heavy atom. The summed E-state index contributed by atoms with van der Waals surface area (Å²) >= 11 is 0. The minimum atomic E-state index is -0.102. The highest BCUT2D eigenvalue weighted by atomic mass is 16.1. The van der Waals surface area contributed by atoms with Gasteiger partial charge in [0.25, 0.3) is 5.56 Å². The fourth-order valence-electron chi connectivity index (χ4n) is 3.21. The van der Waals surface area contributed by atoms with Crippen LogP contribution < -0.4 is 15.4 Å². The van der Waals surface area contributed by atoms with E-state index in [-0.39, 0.29) is 5.56 Å². The molecule has 7 heteroatoms. The van der Waals surface area contributed by atoms with Gasteiger partial charge >= 0.3 is 0 Å². The van der Waals surface area contributed by atoms with Crippen molar-refractivity contribution >= 4 is 22.7 Å². The highest BCUT2D eigenvalue weighted by Crippen LogP contribution is 2.19. The Hall–Kier alpha value is -3.27. The Kier molecular flexibility index (Phi) is 3.65. The first-order valence-electron chi connectivity index (χ1n) is 8.21. The molecular formula is C18H18N6O. The molecule has 0 aliphatic carbocycles. The number of anilines is 2. The third-order valence-electron chi connectivity index (χ3n) is 4.66. The first-order valence-corrected chi connectivity index (χ1v) is 8.21. The molecule has 0 spiro atoms. The second kappa shape index (κ2) is 5.98. The summed E-state index contributed by atoms with van der Waals surface area (Å²) in [4.78, 5) is 24.1. The molecule has 3 heterocycles. The lowest BCUT2D eigenvalue weighted by Gasteiger charge is -2.36. The van der Waals surface area contributed by atoms with Crippen molar-refractivity contribution in [3.05, 3.63) is 52.4 Å². The number of nitrogens with one attached hydrogen (secondary N) is 1. The molecule has 0 bridgehead atoms. The first kappa shape index (κ1) is 15.3. The molecule has 0 amide bonds. The number of piperazine rings is 1. The molecule has 2 aromatic heterocycles. The van der Waals surface area contributed by atoms with Crippen LogP contribution in [0.4, 0.5) is 11.6 Å². The molecule has 0 radical (unpaired) electrons. The van der Waals surface area contributed by atoms with Crippen LogP contribution in [0.5, 0.6) is 0 Å². The van der Waals surface area contributed by atoms with Gasteiger partial charge in [-0.1, -0.05) is 0 Å². The molecule has 1 aliphatic rings. The van der Waals surface area contributed by atoms with Crippen molar-refractivity contribution in [2.24, 2.45) is 7.05 Å². The van der Waals surface area contributed by atoms with Gasteiger partial charge in [-0.3, -0.25) is 9.78 Å². The second-order valence-corrected chi connectivity index (χ2v) is 6.19. The van der Waals surface area contributed by atoms with E-state index in [0.717, 1.165) is 31.9 Å². The number of aromatic nitrogens is 3. The third-order valence-corrected chi connectivity index (χ3v) is 4.66. The zero-order chi connectivity index (χ0) is 17.4. The lowest BCUT2D eigenvalue weighted by molar-refractivity contribution is 0.640. The van der Waals surface area contributed by atoms with Crippen molar-refractivity contribution in [2.45, 2.75) is 0 Å². The Labute approximate surface area is 144 Å². The highest BCUT2D eigenvalue weighted by Gasteiger charge is 2.20. The van der Waals surface area contributed by atoms with E-state index in [0.29, 0.717) is 22.5 Å². The van der Waals surface area contributed by atoms with Crippen LogP contribution in [0.2, 0.25) is 0 Å². The van der Waals surface area contributed by atoms with Gasteiger partial charge in [-0.25, -0.2) is 0 Å². The summed E-state index contributed by atoms with van der Waals surface area (Å²) in [5.41, 5.74) is 2.38. The summed E-state index contributed by atoms with van der Waals surface area (Å²) in [5, 5.41) is 9.51. The summed E-state index contributed by atoms with van der Waals surface area (Å²) in [6.45, 7) is 3.22. The molecule has 0 unspecified atom stereocenters. The smallest absolute Gasteiger partial charge is 0.261 e. The predicted octanol–water partition coefficient (Wildman–Crippen LogP) is 1.46. The van der Waals surface area contributed by atoms with Gasteiger partial charge in [0.1, 0.15) is 5.65 Å². The Morgan fingerprint density at radius 2 is 1.76 bits per heavy atom. The van der Waals surface area contributed by atoms with Crippen molar-refractivity contribution in [2.75, 3.05) is 36.0 Å². The molecule has 0 saturated carbocycles. The maximum atomic E-state index is 12.2. The van der Waals surface area contributed by atoms with Crippen molar-refractivity contribution in [3.63, 3.8) is 0 Å². The van der Waals surface area contributed by atoms with E-state index in [1.165, 1.54) is 0 Å². The van der Waals surface area contributed by atoms with E-state index in [4.69, 9.17) is 5.26 Å². The molecule has 25 heavy (non-hydrogen) atoms. The molecule has 0 atom stereocenters. The molecule has 3 aromatic rings. The van der Waals surface area contributed by atoms with Crippen LogP contribution in [-0.4, -0.2) is 40.7 Å². The number of hydrogen-bond donors (Lipinski definition) is 1. The van der Waals surface area contributed by atoms with Gasteiger partial charge < -0.3 is 14.4 Å². The van der Waals surface area contributed by atoms with E-state index >= 15 is 0 Å². The fourth-order valence-corrected chi connectivity index (χ4v) is 3.21. The summed E-state index contributed by atoms with van der Waals surface area (Å²) in [7, 11) is 1.89. The Bertz CT molecular complexity index is 1000. The van der Waals surface area contributed by atoms with E-state index in [1.807, 2.05) is 42.1 Å². The monoisotopic (exact) mass is 334 g/mol. The lowest BCUT2D eigenvalue weighted by atomic mass is 10.2. The van der Waals surface area contributed by atoms with E-state index in [2.05, 4.69) is 25.8 Å². The van der Waals surface area contributed by atoms with Crippen LogP contribution in [0.1, 0.15) is 5.56 Å². The number of nitrogens with zero attached hydrogens (tertiary/aromatic N) is 5. The number of aryl methyl sites for hydroxylation is 1. The lowest BCUT2D eigenvalue weighted by Crippen LogP contribution is -2.47. The Balaban J connectivity index is 1.52. The number of rotatable bonds is 2. The fraction of sp³-hybridized carbons (Fsp3) is 0.278. The van der Waals surface area contributed by atoms with Crippen molar-refractivity contribution < 1.29 is 0 Å². The van der Waals surface area contributed by atoms with Crippen molar-refractivity contribution in [3.8, 4) is 6.07 Å². The normalized spacial score (nSPS) is 14.7. The molecule has 1 N–H and O–H groups in total. The summed E-state index contributed by atoms with van der Waals surface area (Å²) in [6.07, 6.45) is 1.85. The van der Waals surface area contributed by atoms with Crippen molar-refractivity contribution in [1.82, 2.24) is 14.5 Å². The zero-order valence-electron chi connectivity index (χ0n) is 13.9. The molecule has 1 fully saturated rings. The van der Waals surface area contributed by atoms with Gasteiger partial charge in [0.15, 0.2) is 0 Å². The second-order valence-electron chi connectivity index (χ2n) is 6.19. The SMILES string of the molecule is Cn1ccc2c(=O)[nH]c(N3CCN(c4ccc(C#N)cc4)CC3)nc21. The Morgan fingerprint density at radius 3 is 2.44 bits per heavy atom. The largest absolute Gasteiger partial charge is 0.368 e. The average Bonchev–Trinajstić information content (AvgIpc) is 3.04. The maximum absolute atomic E-state index is 12.2. The van der Waals surface area contributed by atoms with Crippen LogP contribution in [0.3, 0.4) is 0 Å². The van der Waals surface area contributed by atoms with Crippen molar-refractivity contribution in [1.29, 1.82) is 5.26 Å². The van der Waals surface area contributed by atoms with Gasteiger partial charge in [-0.15, -0.1) is 0 Å². The number of benzene rings is 1. The minimum Gasteiger partial charge on any atom is -0.368 e. The number of nitriles is 1. The molecule has 1 aliphatic heterocycles. The summed E-state index contributed by atoms with van der Waals surface area (Å²) in [5.74, 6) is 0.624. The van der Waals surface area contributed by atoms with E-state index < -0.39 is 0 Å². The predicted molar refractivity (Wildman–Crippen MR) is 96.9 cm³/mol. The number of hydrogen-bond acceptors (Lipinski definition) is 5. The van der Waals surface area contributed by atoms with Gasteiger partial charge in [0.2, 0.25) is 5.95 Å². The van der Waals surface area contributed by atoms with E-state index in [9.17, 15) is 4.79 Å². The molecule has 1 saturated heterocycles. The molecule has 1 aromatic carbocycles. The van der Waals surface area contributed by atoms with E-state index in [1.54, 1.807) is 6.07 Å². The number of fused-ring (bicyclic) bond motifs is 1. The number of aromatic amines is 1. The molecule has 7 nitrogen and oxygen atoms in total. The quantitative estimate of drug-likeness (QED) is 0.767. The minimum absolute atomic E-state index is 0.102. The average molecular weight is 334 g/mol. The van der Waals surface area contributed by atoms with Crippen LogP contribution in [-0.2, 0) is 7.05 Å². The van der Waals surface area contributed by atoms with Crippen LogP contribution in [0, 0.1) is 11.3 Å².